The van der Waals surface area contributed by atoms with Crippen LogP contribution in [-0.2, 0) is 24.4 Å². The largest absolute Gasteiger partial charge is 0.489 e. The standard InChI is InChI=1S/C26H26ClN3O3/c27-21-6-1-17(2-7-21)16-33-23-9-4-18(5-10-23)25-28-14-20-15-30(12-11-24(20)29-25)22-8-3-19(13-22)26(31)32/h1-2,4-7,9-10,14,19,22H,3,8,11-13,15-16H2,(H,31,32). The van der Waals surface area contributed by atoms with Crippen molar-refractivity contribution in [3.63, 3.8) is 0 Å². The molecule has 5 rings (SSSR count). The van der Waals surface area contributed by atoms with Gasteiger partial charge in [0, 0.05) is 47.9 Å². The minimum absolute atomic E-state index is 0.201. The molecule has 3 aromatic rings. The summed E-state index contributed by atoms with van der Waals surface area (Å²) < 4.78 is 5.87. The van der Waals surface area contributed by atoms with Crippen molar-refractivity contribution >= 4 is 17.6 Å². The number of hydrogen-bond donors (Lipinski definition) is 1. The van der Waals surface area contributed by atoms with E-state index in [1.165, 1.54) is 0 Å². The maximum Gasteiger partial charge on any atom is 0.306 e. The Bertz CT molecular complexity index is 1130. The fourth-order valence-electron chi connectivity index (χ4n) is 4.75. The van der Waals surface area contributed by atoms with Crippen molar-refractivity contribution in [2.75, 3.05) is 6.54 Å². The third kappa shape index (κ3) is 5.02. The monoisotopic (exact) mass is 463 g/mol. The van der Waals surface area contributed by atoms with Gasteiger partial charge in [0.1, 0.15) is 12.4 Å². The van der Waals surface area contributed by atoms with E-state index < -0.39 is 5.97 Å². The number of ether oxygens (including phenoxy) is 1. The second kappa shape index (κ2) is 9.49. The predicted octanol–water partition coefficient (Wildman–Crippen LogP) is 4.99. The summed E-state index contributed by atoms with van der Waals surface area (Å²) >= 11 is 5.93. The lowest BCUT2D eigenvalue weighted by Crippen LogP contribution is -2.38. The Morgan fingerprint density at radius 2 is 1.91 bits per heavy atom. The molecule has 1 aliphatic heterocycles. The Morgan fingerprint density at radius 3 is 2.64 bits per heavy atom. The molecule has 1 aromatic heterocycles. The SMILES string of the molecule is O=C(O)C1CCC(N2CCc3nc(-c4ccc(OCc5ccc(Cl)cc5)cc4)ncc3C2)C1. The number of carboxylic acids is 1. The minimum Gasteiger partial charge on any atom is -0.489 e. The zero-order valence-corrected chi connectivity index (χ0v) is 19.0. The normalized spacial score (nSPS) is 20.4. The number of carbonyl (C=O) groups is 1. The molecule has 1 N–H and O–H groups in total. The number of aromatic nitrogens is 2. The van der Waals surface area contributed by atoms with Gasteiger partial charge in [0.25, 0.3) is 0 Å². The minimum atomic E-state index is -0.663. The summed E-state index contributed by atoms with van der Waals surface area (Å²) in [6, 6.07) is 15.8. The zero-order chi connectivity index (χ0) is 22.8. The van der Waals surface area contributed by atoms with Crippen LogP contribution >= 0.6 is 11.6 Å². The van der Waals surface area contributed by atoms with Gasteiger partial charge >= 0.3 is 5.97 Å². The maximum absolute atomic E-state index is 11.3. The Hall–Kier alpha value is -2.96. The predicted molar refractivity (Wildman–Crippen MR) is 126 cm³/mol. The molecular weight excluding hydrogens is 438 g/mol. The number of carboxylic acid groups (broad SMARTS) is 1. The van der Waals surface area contributed by atoms with E-state index >= 15 is 0 Å². The molecule has 0 amide bonds. The molecule has 2 atom stereocenters. The third-order valence-corrected chi connectivity index (χ3v) is 6.92. The quantitative estimate of drug-likeness (QED) is 0.555. The molecule has 1 aliphatic carbocycles. The van der Waals surface area contributed by atoms with Crippen LogP contribution in [0.1, 0.15) is 36.1 Å². The van der Waals surface area contributed by atoms with Gasteiger partial charge in [-0.3, -0.25) is 9.69 Å². The topological polar surface area (TPSA) is 75.5 Å². The summed E-state index contributed by atoms with van der Waals surface area (Å²) in [5, 5.41) is 10.00. The van der Waals surface area contributed by atoms with Crippen molar-refractivity contribution in [2.24, 2.45) is 5.92 Å². The van der Waals surface area contributed by atoms with Gasteiger partial charge in [-0.2, -0.15) is 0 Å². The zero-order valence-electron chi connectivity index (χ0n) is 18.3. The highest BCUT2D eigenvalue weighted by molar-refractivity contribution is 6.30. The van der Waals surface area contributed by atoms with Gasteiger partial charge in [0.05, 0.1) is 11.6 Å². The van der Waals surface area contributed by atoms with Gasteiger partial charge in [0.2, 0.25) is 0 Å². The van der Waals surface area contributed by atoms with Crippen molar-refractivity contribution < 1.29 is 14.6 Å². The fourth-order valence-corrected chi connectivity index (χ4v) is 4.88. The van der Waals surface area contributed by atoms with Gasteiger partial charge in [-0.15, -0.1) is 0 Å². The van der Waals surface area contributed by atoms with Gasteiger partial charge in [0.15, 0.2) is 5.82 Å². The summed E-state index contributed by atoms with van der Waals surface area (Å²) in [4.78, 5) is 23.1. The Kier molecular flexibility index (Phi) is 6.29. The van der Waals surface area contributed by atoms with Crippen LogP contribution in [0.15, 0.2) is 54.7 Å². The van der Waals surface area contributed by atoms with E-state index in [1.807, 2.05) is 54.7 Å². The van der Waals surface area contributed by atoms with E-state index in [2.05, 4.69) is 9.88 Å². The van der Waals surface area contributed by atoms with Crippen LogP contribution in [0.5, 0.6) is 5.75 Å². The van der Waals surface area contributed by atoms with Gasteiger partial charge < -0.3 is 9.84 Å². The van der Waals surface area contributed by atoms with Gasteiger partial charge in [-0.25, -0.2) is 9.97 Å². The molecule has 1 saturated carbocycles. The summed E-state index contributed by atoms with van der Waals surface area (Å²) in [5.74, 6) is 0.647. The number of aliphatic carboxylic acids is 1. The molecule has 0 spiro atoms. The van der Waals surface area contributed by atoms with Crippen LogP contribution in [0, 0.1) is 5.92 Å². The molecule has 2 aromatic carbocycles. The molecule has 0 radical (unpaired) electrons. The highest BCUT2D eigenvalue weighted by Gasteiger charge is 2.34. The second-order valence-corrected chi connectivity index (χ2v) is 9.26. The van der Waals surface area contributed by atoms with Crippen LogP contribution in [0.25, 0.3) is 11.4 Å². The highest BCUT2D eigenvalue weighted by atomic mass is 35.5. The Morgan fingerprint density at radius 1 is 1.12 bits per heavy atom. The Balaban J connectivity index is 1.21. The first-order valence-electron chi connectivity index (χ1n) is 11.3. The van der Waals surface area contributed by atoms with Crippen molar-refractivity contribution in [1.82, 2.24) is 14.9 Å². The third-order valence-electron chi connectivity index (χ3n) is 6.67. The summed E-state index contributed by atoms with van der Waals surface area (Å²) in [6.07, 6.45) is 5.27. The smallest absolute Gasteiger partial charge is 0.306 e. The molecule has 2 aliphatic rings. The molecule has 1 fully saturated rings. The lowest BCUT2D eigenvalue weighted by Gasteiger charge is -2.33. The Labute approximate surface area is 198 Å². The molecule has 7 heteroatoms. The first kappa shape index (κ1) is 21.9. The van der Waals surface area contributed by atoms with Crippen LogP contribution in [0.3, 0.4) is 0 Å². The highest BCUT2D eigenvalue weighted by Crippen LogP contribution is 2.32. The van der Waals surface area contributed by atoms with Crippen LogP contribution in [-0.4, -0.2) is 38.5 Å². The first-order valence-corrected chi connectivity index (χ1v) is 11.7. The van der Waals surface area contributed by atoms with Crippen molar-refractivity contribution in [1.29, 1.82) is 0 Å². The van der Waals surface area contributed by atoms with E-state index in [9.17, 15) is 9.90 Å². The first-order chi connectivity index (χ1) is 16.0. The molecule has 2 unspecified atom stereocenters. The number of hydrogen-bond acceptors (Lipinski definition) is 5. The van der Waals surface area contributed by atoms with Gasteiger partial charge in [-0.1, -0.05) is 23.7 Å². The van der Waals surface area contributed by atoms with E-state index in [0.29, 0.717) is 17.7 Å². The summed E-state index contributed by atoms with van der Waals surface area (Å²) in [7, 11) is 0. The molecule has 2 heterocycles. The molecule has 0 bridgehead atoms. The van der Waals surface area contributed by atoms with Crippen molar-refractivity contribution in [2.45, 2.75) is 44.9 Å². The molecule has 170 valence electrons. The lowest BCUT2D eigenvalue weighted by atomic mass is 10.0. The van der Waals surface area contributed by atoms with E-state index in [-0.39, 0.29) is 5.92 Å². The summed E-state index contributed by atoms with van der Waals surface area (Å²) in [5.41, 5.74) is 4.25. The van der Waals surface area contributed by atoms with Crippen LogP contribution < -0.4 is 4.74 Å². The number of halogens is 1. The summed E-state index contributed by atoms with van der Waals surface area (Å²) in [6.45, 7) is 2.19. The fraction of sp³-hybridized carbons (Fsp3) is 0.346. The van der Waals surface area contributed by atoms with Crippen LogP contribution in [0.4, 0.5) is 0 Å². The number of benzene rings is 2. The molecular formula is C26H26ClN3O3. The van der Waals surface area contributed by atoms with E-state index in [0.717, 1.165) is 72.7 Å². The maximum atomic E-state index is 11.3. The number of nitrogens with zero attached hydrogens (tertiary/aromatic N) is 3. The van der Waals surface area contributed by atoms with Crippen LogP contribution in [0.2, 0.25) is 5.02 Å². The van der Waals surface area contributed by atoms with E-state index in [4.69, 9.17) is 21.3 Å². The molecule has 0 saturated heterocycles. The van der Waals surface area contributed by atoms with Crippen molar-refractivity contribution in [3.8, 4) is 17.1 Å². The van der Waals surface area contributed by atoms with E-state index in [1.54, 1.807) is 0 Å². The van der Waals surface area contributed by atoms with Crippen molar-refractivity contribution in [3.05, 3.63) is 76.6 Å². The molecule has 33 heavy (non-hydrogen) atoms. The average Bonchev–Trinajstić information content (AvgIpc) is 3.34. The second-order valence-electron chi connectivity index (χ2n) is 8.83. The lowest BCUT2D eigenvalue weighted by molar-refractivity contribution is -0.141. The van der Waals surface area contributed by atoms with Gasteiger partial charge in [-0.05, 0) is 61.2 Å². The number of fused-ring (bicyclic) bond motifs is 1. The number of rotatable bonds is 6. The molecule has 6 nitrogen and oxygen atoms in total. The average molecular weight is 464 g/mol.